The lowest BCUT2D eigenvalue weighted by atomic mass is 9.99. The van der Waals surface area contributed by atoms with Gasteiger partial charge < -0.3 is 14.3 Å². The van der Waals surface area contributed by atoms with Gasteiger partial charge in [-0.3, -0.25) is 4.79 Å². The average Bonchev–Trinajstić information content (AvgIpc) is 3.27. The number of hydrogen-bond donors (Lipinski definition) is 1. The number of nitrogens with one attached hydrogen (secondary N) is 1. The topological polar surface area (TPSA) is 81.2 Å². The van der Waals surface area contributed by atoms with E-state index in [2.05, 4.69) is 15.5 Å². The third-order valence-corrected chi connectivity index (χ3v) is 4.54. The number of thiazole rings is 1. The van der Waals surface area contributed by atoms with E-state index in [1.807, 2.05) is 19.2 Å². The predicted molar refractivity (Wildman–Crippen MR) is 81.4 cm³/mol. The zero-order chi connectivity index (χ0) is 15.6. The molecular weight excluding hydrogens is 302 g/mol. The van der Waals surface area contributed by atoms with Crippen molar-refractivity contribution in [3.8, 4) is 11.5 Å². The zero-order valence-electron chi connectivity index (χ0n) is 12.2. The van der Waals surface area contributed by atoms with Crippen LogP contribution in [0.1, 0.15) is 35.8 Å². The fraction of sp³-hybridized carbons (Fsp3) is 0.267. The Labute approximate surface area is 131 Å². The molecule has 0 aromatic carbocycles. The Bertz CT molecular complexity index is 749. The van der Waals surface area contributed by atoms with Crippen LogP contribution in [-0.4, -0.2) is 16.0 Å². The third kappa shape index (κ3) is 2.67. The Morgan fingerprint density at radius 2 is 2.32 bits per heavy atom. The molecule has 114 valence electrons. The Hall–Kier alpha value is -2.41. The van der Waals surface area contributed by atoms with E-state index in [1.54, 1.807) is 24.4 Å². The van der Waals surface area contributed by atoms with Gasteiger partial charge in [0.05, 0.1) is 11.8 Å². The summed E-state index contributed by atoms with van der Waals surface area (Å²) in [6.07, 6.45) is 3.98. The van der Waals surface area contributed by atoms with Crippen LogP contribution < -0.4 is 5.32 Å². The number of nitrogens with zero attached hydrogens (tertiary/aromatic N) is 2. The van der Waals surface area contributed by atoms with Crippen molar-refractivity contribution in [2.75, 3.05) is 0 Å². The molecule has 6 nitrogen and oxygen atoms in total. The van der Waals surface area contributed by atoms with E-state index in [0.29, 0.717) is 11.5 Å². The minimum Gasteiger partial charge on any atom is -0.461 e. The lowest BCUT2D eigenvalue weighted by Gasteiger charge is -2.26. The number of furan rings is 1. The predicted octanol–water partition coefficient (Wildman–Crippen LogP) is 3.45. The highest BCUT2D eigenvalue weighted by Crippen LogP contribution is 2.27. The summed E-state index contributed by atoms with van der Waals surface area (Å²) in [5.41, 5.74) is -0.322. The van der Waals surface area contributed by atoms with Gasteiger partial charge in [-0.2, -0.15) is 0 Å². The molecular formula is C15H15N3O3S. The summed E-state index contributed by atoms with van der Waals surface area (Å²) < 4.78 is 10.4. The summed E-state index contributed by atoms with van der Waals surface area (Å²) in [5.74, 6) is 0.647. The molecule has 0 radical (unpaired) electrons. The highest BCUT2D eigenvalue weighted by Gasteiger charge is 2.30. The van der Waals surface area contributed by atoms with Crippen LogP contribution in [0, 0.1) is 0 Å². The minimum absolute atomic E-state index is 0.211. The van der Waals surface area contributed by atoms with Crippen molar-refractivity contribution in [3.63, 3.8) is 0 Å². The van der Waals surface area contributed by atoms with E-state index >= 15 is 0 Å². The van der Waals surface area contributed by atoms with Crippen LogP contribution in [0.5, 0.6) is 0 Å². The summed E-state index contributed by atoms with van der Waals surface area (Å²) in [7, 11) is 0. The molecule has 3 heterocycles. The van der Waals surface area contributed by atoms with Crippen molar-refractivity contribution in [1.82, 2.24) is 15.5 Å². The number of hydrogen-bond acceptors (Lipinski definition) is 6. The lowest BCUT2D eigenvalue weighted by Crippen LogP contribution is -2.43. The largest absolute Gasteiger partial charge is 0.461 e. The van der Waals surface area contributed by atoms with Crippen molar-refractivity contribution < 1.29 is 13.7 Å². The van der Waals surface area contributed by atoms with Gasteiger partial charge in [0.15, 0.2) is 11.5 Å². The number of aromatic nitrogens is 2. The van der Waals surface area contributed by atoms with E-state index in [-0.39, 0.29) is 11.6 Å². The van der Waals surface area contributed by atoms with Gasteiger partial charge in [0, 0.05) is 17.6 Å². The molecule has 0 saturated carbocycles. The molecule has 0 aliphatic heterocycles. The minimum atomic E-state index is -0.533. The number of rotatable bonds is 5. The Morgan fingerprint density at radius 3 is 2.95 bits per heavy atom. The number of carbonyl (C=O) groups is 1. The van der Waals surface area contributed by atoms with Gasteiger partial charge in [-0.25, -0.2) is 4.98 Å². The summed E-state index contributed by atoms with van der Waals surface area (Å²) in [4.78, 5) is 16.7. The molecule has 1 atom stereocenters. The van der Waals surface area contributed by atoms with Crippen LogP contribution in [0.2, 0.25) is 0 Å². The molecule has 22 heavy (non-hydrogen) atoms. The molecule has 7 heteroatoms. The standard InChI is InChI=1S/C15H15N3O3S/c1-3-15(2,14-16-6-8-22-14)17-13(19)10-9-12(21-18-10)11-5-4-7-20-11/h4-9H,3H2,1-2H3,(H,17,19)/t15-/m0/s1. The van der Waals surface area contributed by atoms with Gasteiger partial charge in [0.25, 0.3) is 5.91 Å². The Morgan fingerprint density at radius 1 is 1.45 bits per heavy atom. The number of carbonyl (C=O) groups excluding carboxylic acids is 1. The van der Waals surface area contributed by atoms with Gasteiger partial charge >= 0.3 is 0 Å². The molecule has 1 N–H and O–H groups in total. The summed E-state index contributed by atoms with van der Waals surface area (Å²) >= 11 is 1.51. The van der Waals surface area contributed by atoms with Gasteiger partial charge in [-0.15, -0.1) is 11.3 Å². The summed E-state index contributed by atoms with van der Waals surface area (Å²) in [5, 5.41) is 9.53. The first-order valence-electron chi connectivity index (χ1n) is 6.85. The molecule has 0 unspecified atom stereocenters. The monoisotopic (exact) mass is 317 g/mol. The maximum Gasteiger partial charge on any atom is 0.274 e. The average molecular weight is 317 g/mol. The molecule has 3 aromatic heterocycles. The van der Waals surface area contributed by atoms with E-state index in [1.165, 1.54) is 17.6 Å². The smallest absolute Gasteiger partial charge is 0.274 e. The molecule has 3 aromatic rings. The maximum atomic E-state index is 12.4. The van der Waals surface area contributed by atoms with Gasteiger partial charge in [-0.1, -0.05) is 12.1 Å². The Balaban J connectivity index is 1.80. The molecule has 0 bridgehead atoms. The maximum absolute atomic E-state index is 12.4. The van der Waals surface area contributed by atoms with Gasteiger partial charge in [0.2, 0.25) is 5.76 Å². The fourth-order valence-corrected chi connectivity index (χ4v) is 2.85. The van der Waals surface area contributed by atoms with Crippen LogP contribution in [0.25, 0.3) is 11.5 Å². The first kappa shape index (κ1) is 14.5. The normalized spacial score (nSPS) is 13.7. The van der Waals surface area contributed by atoms with Crippen LogP contribution in [0.15, 0.2) is 45.0 Å². The van der Waals surface area contributed by atoms with Crippen molar-refractivity contribution in [3.05, 3.63) is 46.7 Å². The fourth-order valence-electron chi connectivity index (χ4n) is 2.02. The molecule has 0 aliphatic carbocycles. The van der Waals surface area contributed by atoms with Gasteiger partial charge in [0.1, 0.15) is 5.01 Å². The van der Waals surface area contributed by atoms with Crippen LogP contribution in [-0.2, 0) is 5.54 Å². The van der Waals surface area contributed by atoms with Crippen LogP contribution >= 0.6 is 11.3 Å². The van der Waals surface area contributed by atoms with Crippen LogP contribution in [0.4, 0.5) is 0 Å². The zero-order valence-corrected chi connectivity index (χ0v) is 13.0. The summed E-state index contributed by atoms with van der Waals surface area (Å²) in [6, 6.07) is 5.05. The molecule has 3 rings (SSSR count). The van der Waals surface area contributed by atoms with E-state index < -0.39 is 5.54 Å². The Kier molecular flexibility index (Phi) is 3.81. The lowest BCUT2D eigenvalue weighted by molar-refractivity contribution is 0.0892. The molecule has 0 spiro atoms. The van der Waals surface area contributed by atoms with E-state index in [4.69, 9.17) is 8.94 Å². The molecule has 0 aliphatic rings. The highest BCUT2D eigenvalue weighted by atomic mass is 32.1. The SMILES string of the molecule is CC[C@](C)(NC(=O)c1cc(-c2ccco2)on1)c1nccs1. The van der Waals surface area contributed by atoms with Crippen molar-refractivity contribution in [2.45, 2.75) is 25.8 Å². The van der Waals surface area contributed by atoms with Crippen molar-refractivity contribution in [1.29, 1.82) is 0 Å². The second kappa shape index (κ2) is 5.76. The highest BCUT2D eigenvalue weighted by molar-refractivity contribution is 7.09. The summed E-state index contributed by atoms with van der Waals surface area (Å²) in [6.45, 7) is 3.94. The van der Waals surface area contributed by atoms with Crippen molar-refractivity contribution >= 4 is 17.2 Å². The second-order valence-corrected chi connectivity index (χ2v) is 5.93. The van der Waals surface area contributed by atoms with Gasteiger partial charge in [-0.05, 0) is 25.5 Å². The second-order valence-electron chi connectivity index (χ2n) is 5.03. The quantitative estimate of drug-likeness (QED) is 0.779. The van der Waals surface area contributed by atoms with Crippen LogP contribution in [0.3, 0.4) is 0 Å². The van der Waals surface area contributed by atoms with Crippen molar-refractivity contribution in [2.24, 2.45) is 0 Å². The number of amides is 1. The first-order chi connectivity index (χ1) is 10.6. The molecule has 1 amide bonds. The third-order valence-electron chi connectivity index (χ3n) is 3.51. The first-order valence-corrected chi connectivity index (χ1v) is 7.73. The molecule has 0 fully saturated rings. The van der Waals surface area contributed by atoms with E-state index in [0.717, 1.165) is 11.4 Å². The molecule has 0 saturated heterocycles. The van der Waals surface area contributed by atoms with E-state index in [9.17, 15) is 4.79 Å².